The number of hydrogen-bond donors (Lipinski definition) is 1. The van der Waals surface area contributed by atoms with Crippen LogP contribution in [0.3, 0.4) is 0 Å². The summed E-state index contributed by atoms with van der Waals surface area (Å²) in [5.74, 6) is -1.71. The smallest absolute Gasteiger partial charge is 0.338 e. The summed E-state index contributed by atoms with van der Waals surface area (Å²) in [5, 5.41) is 2.43. The summed E-state index contributed by atoms with van der Waals surface area (Å²) in [6.07, 6.45) is -1.03. The van der Waals surface area contributed by atoms with Crippen LogP contribution in [0.1, 0.15) is 22.8 Å². The molecule has 0 aromatic heterocycles. The monoisotopic (exact) mass is 420 g/mol. The Morgan fingerprint density at radius 3 is 2.55 bits per heavy atom. The van der Waals surface area contributed by atoms with Crippen molar-refractivity contribution in [3.8, 4) is 0 Å². The van der Waals surface area contributed by atoms with Crippen LogP contribution in [0.4, 0.5) is 10.1 Å². The van der Waals surface area contributed by atoms with Gasteiger partial charge in [0.2, 0.25) is 0 Å². The zero-order valence-electron chi connectivity index (χ0n) is 16.0. The van der Waals surface area contributed by atoms with E-state index < -0.39 is 23.8 Å². The second kappa shape index (κ2) is 9.82. The Morgan fingerprint density at radius 2 is 1.90 bits per heavy atom. The number of anilines is 1. The summed E-state index contributed by atoms with van der Waals surface area (Å²) < 4.78 is 23.8. The summed E-state index contributed by atoms with van der Waals surface area (Å²) in [5.41, 5.74) is 1.76. The predicted octanol–water partition coefficient (Wildman–Crippen LogP) is 3.50. The van der Waals surface area contributed by atoms with E-state index in [1.54, 1.807) is 12.1 Å². The highest BCUT2D eigenvalue weighted by molar-refractivity contribution is 6.31. The Labute approximate surface area is 173 Å². The lowest BCUT2D eigenvalue weighted by atomic mass is 10.1. The highest BCUT2D eigenvalue weighted by atomic mass is 35.5. The lowest BCUT2D eigenvalue weighted by Crippen LogP contribution is -2.35. The maximum Gasteiger partial charge on any atom is 0.338 e. The van der Waals surface area contributed by atoms with Gasteiger partial charge >= 0.3 is 5.97 Å². The van der Waals surface area contributed by atoms with Crippen molar-refractivity contribution in [2.24, 2.45) is 0 Å². The van der Waals surface area contributed by atoms with Crippen LogP contribution in [0.5, 0.6) is 0 Å². The molecule has 2 aromatic rings. The number of morpholine rings is 1. The van der Waals surface area contributed by atoms with Crippen molar-refractivity contribution in [2.45, 2.75) is 19.6 Å². The minimum atomic E-state index is -1.03. The van der Waals surface area contributed by atoms with Gasteiger partial charge in [-0.2, -0.15) is 0 Å². The number of carbonyl (C=O) groups excluding carboxylic acids is 2. The first-order chi connectivity index (χ1) is 13.9. The molecule has 154 valence electrons. The minimum Gasteiger partial charge on any atom is -0.449 e. The van der Waals surface area contributed by atoms with E-state index in [1.165, 1.54) is 19.1 Å². The molecule has 1 fully saturated rings. The number of amides is 1. The maximum absolute atomic E-state index is 13.2. The summed E-state index contributed by atoms with van der Waals surface area (Å²) in [4.78, 5) is 26.8. The second-order valence-corrected chi connectivity index (χ2v) is 7.16. The third-order valence-corrected chi connectivity index (χ3v) is 4.83. The number of nitrogens with zero attached hydrogens (tertiary/aromatic N) is 1. The number of ether oxygens (including phenoxy) is 2. The Kier molecular flexibility index (Phi) is 7.19. The highest BCUT2D eigenvalue weighted by Crippen LogP contribution is 2.19. The van der Waals surface area contributed by atoms with Gasteiger partial charge in [0.25, 0.3) is 5.91 Å². The Morgan fingerprint density at radius 1 is 1.21 bits per heavy atom. The van der Waals surface area contributed by atoms with Crippen molar-refractivity contribution in [3.05, 3.63) is 64.4 Å². The third-order valence-electron chi connectivity index (χ3n) is 4.54. The Hall–Kier alpha value is -2.48. The predicted molar refractivity (Wildman–Crippen MR) is 107 cm³/mol. The van der Waals surface area contributed by atoms with E-state index in [1.807, 2.05) is 12.1 Å². The molecule has 0 saturated carbocycles. The first-order valence-corrected chi connectivity index (χ1v) is 9.66. The fourth-order valence-electron chi connectivity index (χ4n) is 2.86. The first-order valence-electron chi connectivity index (χ1n) is 9.28. The van der Waals surface area contributed by atoms with Gasteiger partial charge in [-0.25, -0.2) is 9.18 Å². The average molecular weight is 421 g/mol. The highest BCUT2D eigenvalue weighted by Gasteiger charge is 2.19. The number of carbonyl (C=O) groups is 2. The van der Waals surface area contributed by atoms with Gasteiger partial charge in [-0.3, -0.25) is 9.69 Å². The van der Waals surface area contributed by atoms with Gasteiger partial charge in [0, 0.05) is 25.3 Å². The van der Waals surface area contributed by atoms with Crippen molar-refractivity contribution in [1.29, 1.82) is 0 Å². The number of benzene rings is 2. The molecule has 29 heavy (non-hydrogen) atoms. The van der Waals surface area contributed by atoms with Crippen molar-refractivity contribution < 1.29 is 23.5 Å². The SMILES string of the molecule is C[C@H](OC(=O)c1ccc(CN2CCOCC2)cc1)C(=O)Nc1ccc(F)c(Cl)c1. The van der Waals surface area contributed by atoms with Crippen LogP contribution in [0.15, 0.2) is 42.5 Å². The molecule has 6 nitrogen and oxygen atoms in total. The van der Waals surface area contributed by atoms with Crippen LogP contribution >= 0.6 is 11.6 Å². The van der Waals surface area contributed by atoms with Crippen LogP contribution in [0.25, 0.3) is 0 Å². The standard InChI is InChI=1S/C21H22ClFN2O4/c1-14(20(26)24-17-6-7-19(23)18(22)12-17)29-21(27)16-4-2-15(3-5-16)13-25-8-10-28-11-9-25/h2-7,12,14H,8-11,13H2,1H3,(H,24,26)/t14-/m0/s1. The molecular formula is C21H22ClFN2O4. The van der Waals surface area contributed by atoms with Gasteiger partial charge < -0.3 is 14.8 Å². The molecule has 0 aliphatic carbocycles. The van der Waals surface area contributed by atoms with E-state index in [4.69, 9.17) is 21.1 Å². The number of nitrogens with one attached hydrogen (secondary N) is 1. The summed E-state index contributed by atoms with van der Waals surface area (Å²) in [6, 6.07) is 10.9. The van der Waals surface area contributed by atoms with E-state index in [2.05, 4.69) is 10.2 Å². The molecule has 1 N–H and O–H groups in total. The van der Waals surface area contributed by atoms with Gasteiger partial charge in [-0.15, -0.1) is 0 Å². The largest absolute Gasteiger partial charge is 0.449 e. The molecule has 8 heteroatoms. The molecule has 1 aliphatic rings. The molecule has 0 radical (unpaired) electrons. The second-order valence-electron chi connectivity index (χ2n) is 6.75. The normalized spacial score (nSPS) is 15.6. The molecule has 3 rings (SSSR count). The van der Waals surface area contributed by atoms with Gasteiger partial charge in [-0.05, 0) is 42.8 Å². The molecule has 2 aromatic carbocycles. The van der Waals surface area contributed by atoms with Gasteiger partial charge in [-0.1, -0.05) is 23.7 Å². The molecule has 1 amide bonds. The molecular weight excluding hydrogens is 399 g/mol. The van der Waals surface area contributed by atoms with Gasteiger partial charge in [0.05, 0.1) is 23.8 Å². The molecule has 0 unspecified atom stereocenters. The van der Waals surface area contributed by atoms with Crippen LogP contribution in [0, 0.1) is 5.82 Å². The van der Waals surface area contributed by atoms with Crippen LogP contribution in [-0.4, -0.2) is 49.2 Å². The van der Waals surface area contributed by atoms with Crippen molar-refractivity contribution in [1.82, 2.24) is 4.90 Å². The molecule has 1 atom stereocenters. The van der Waals surface area contributed by atoms with E-state index in [0.29, 0.717) is 11.3 Å². The first kappa shape index (κ1) is 21.2. The van der Waals surface area contributed by atoms with Gasteiger partial charge in [0.15, 0.2) is 6.10 Å². The fourth-order valence-corrected chi connectivity index (χ4v) is 3.04. The average Bonchev–Trinajstić information content (AvgIpc) is 2.72. The zero-order valence-corrected chi connectivity index (χ0v) is 16.7. The number of rotatable bonds is 6. The number of hydrogen-bond acceptors (Lipinski definition) is 5. The van der Waals surface area contributed by atoms with Crippen molar-refractivity contribution >= 4 is 29.2 Å². The number of esters is 1. The third kappa shape index (κ3) is 6.00. The van der Waals surface area contributed by atoms with E-state index in [-0.39, 0.29) is 5.02 Å². The summed E-state index contributed by atoms with van der Waals surface area (Å²) in [6.45, 7) is 5.48. The maximum atomic E-state index is 13.2. The minimum absolute atomic E-state index is 0.107. The molecule has 0 spiro atoms. The lowest BCUT2D eigenvalue weighted by molar-refractivity contribution is -0.123. The van der Waals surface area contributed by atoms with Crippen LogP contribution < -0.4 is 5.32 Å². The van der Waals surface area contributed by atoms with E-state index in [9.17, 15) is 14.0 Å². The van der Waals surface area contributed by atoms with Crippen molar-refractivity contribution in [2.75, 3.05) is 31.6 Å². The fraction of sp³-hybridized carbons (Fsp3) is 0.333. The molecule has 1 heterocycles. The van der Waals surface area contributed by atoms with Crippen molar-refractivity contribution in [3.63, 3.8) is 0 Å². The molecule has 1 saturated heterocycles. The topological polar surface area (TPSA) is 67.9 Å². The number of halogens is 2. The molecule has 0 bridgehead atoms. The zero-order chi connectivity index (χ0) is 20.8. The quantitative estimate of drug-likeness (QED) is 0.724. The van der Waals surface area contributed by atoms with Crippen LogP contribution in [0.2, 0.25) is 5.02 Å². The van der Waals surface area contributed by atoms with E-state index >= 15 is 0 Å². The lowest BCUT2D eigenvalue weighted by Gasteiger charge is -2.26. The molecule has 1 aliphatic heterocycles. The Balaban J connectivity index is 1.52. The Bertz CT molecular complexity index is 869. The summed E-state index contributed by atoms with van der Waals surface area (Å²) >= 11 is 5.69. The van der Waals surface area contributed by atoms with Crippen LogP contribution in [-0.2, 0) is 20.8 Å². The van der Waals surface area contributed by atoms with Gasteiger partial charge in [0.1, 0.15) is 5.82 Å². The van der Waals surface area contributed by atoms with E-state index in [0.717, 1.165) is 44.5 Å². The summed E-state index contributed by atoms with van der Waals surface area (Å²) in [7, 11) is 0.